The summed E-state index contributed by atoms with van der Waals surface area (Å²) in [6, 6.07) is 9.23. The highest BCUT2D eigenvalue weighted by Crippen LogP contribution is 2.35. The summed E-state index contributed by atoms with van der Waals surface area (Å²) < 4.78 is 14.1. The molecule has 0 fully saturated rings. The van der Waals surface area contributed by atoms with Crippen LogP contribution in [0.5, 0.6) is 0 Å². The Hall–Kier alpha value is -1.09. The molecule has 18 heavy (non-hydrogen) atoms. The van der Waals surface area contributed by atoms with Crippen molar-refractivity contribution in [2.75, 3.05) is 0 Å². The topological polar surface area (TPSA) is 17.1 Å². The first kappa shape index (κ1) is 13.3. The molecule has 0 aromatic heterocycles. The smallest absolute Gasteiger partial charge is 0.255 e. The molecule has 0 aliphatic rings. The highest BCUT2D eigenvalue weighted by atomic mass is 35.5. The molecule has 2 aromatic carbocycles. The molecule has 0 bridgehead atoms. The Kier molecular flexibility index (Phi) is 3.91. The third-order valence-electron chi connectivity index (χ3n) is 2.45. The second kappa shape index (κ2) is 5.27. The summed E-state index contributed by atoms with van der Waals surface area (Å²) in [6.07, 6.45) is 0. The summed E-state index contributed by atoms with van der Waals surface area (Å²) in [4.78, 5) is 11.1. The van der Waals surface area contributed by atoms with E-state index in [-0.39, 0.29) is 16.1 Å². The summed E-state index contributed by atoms with van der Waals surface area (Å²) in [5.74, 6) is -0.707. The van der Waals surface area contributed by atoms with Gasteiger partial charge in [0.25, 0.3) is 5.24 Å². The van der Waals surface area contributed by atoms with Crippen molar-refractivity contribution >= 4 is 40.0 Å². The predicted octanol–water partition coefficient (Wildman–Crippen LogP) is 5.18. The number of carbonyl (C=O) groups excluding carboxylic acids is 1. The van der Waals surface area contributed by atoms with Crippen LogP contribution >= 0.6 is 34.8 Å². The Morgan fingerprint density at radius 3 is 2.28 bits per heavy atom. The second-order valence-corrected chi connectivity index (χ2v) is 4.67. The Morgan fingerprint density at radius 2 is 1.61 bits per heavy atom. The fourth-order valence-electron chi connectivity index (χ4n) is 1.60. The first-order valence-corrected chi connectivity index (χ1v) is 6.08. The van der Waals surface area contributed by atoms with Gasteiger partial charge in [0, 0.05) is 11.1 Å². The standard InChI is InChI=1S/C13H6Cl3FO/c14-10-6-2-3-7(11(10)15)8-4-1-5-9(12(8)17)13(16)18/h1-6H. The molecule has 1 nitrogen and oxygen atoms in total. The van der Waals surface area contributed by atoms with Crippen LogP contribution in [0.4, 0.5) is 4.39 Å². The van der Waals surface area contributed by atoms with Gasteiger partial charge >= 0.3 is 0 Å². The van der Waals surface area contributed by atoms with E-state index in [0.717, 1.165) is 0 Å². The average molecular weight is 304 g/mol. The molecule has 0 saturated carbocycles. The Balaban J connectivity index is 2.69. The second-order valence-electron chi connectivity index (χ2n) is 3.54. The zero-order valence-corrected chi connectivity index (χ0v) is 11.2. The fraction of sp³-hybridized carbons (Fsp3) is 0. The van der Waals surface area contributed by atoms with E-state index in [1.807, 2.05) is 0 Å². The Labute approximate surface area is 118 Å². The molecule has 0 N–H and O–H groups in total. The van der Waals surface area contributed by atoms with Crippen molar-refractivity contribution < 1.29 is 9.18 Å². The van der Waals surface area contributed by atoms with Gasteiger partial charge in [0.05, 0.1) is 15.6 Å². The van der Waals surface area contributed by atoms with E-state index in [1.165, 1.54) is 18.2 Å². The zero-order chi connectivity index (χ0) is 13.3. The molecule has 0 atom stereocenters. The average Bonchev–Trinajstić information content (AvgIpc) is 2.33. The minimum atomic E-state index is -0.854. The number of carbonyl (C=O) groups is 1. The van der Waals surface area contributed by atoms with Crippen molar-refractivity contribution in [2.45, 2.75) is 0 Å². The monoisotopic (exact) mass is 302 g/mol. The molecule has 0 aliphatic heterocycles. The molecule has 0 saturated heterocycles. The van der Waals surface area contributed by atoms with Crippen LogP contribution in [0.1, 0.15) is 10.4 Å². The molecule has 2 rings (SSSR count). The number of benzene rings is 2. The number of hydrogen-bond donors (Lipinski definition) is 0. The number of halogens is 4. The summed E-state index contributed by atoms with van der Waals surface area (Å²) in [5, 5.41) is -0.305. The SMILES string of the molecule is O=C(Cl)c1cccc(-c2cccc(Cl)c2Cl)c1F. The van der Waals surface area contributed by atoms with E-state index < -0.39 is 11.1 Å². The van der Waals surface area contributed by atoms with Crippen LogP contribution in [0.2, 0.25) is 10.0 Å². The lowest BCUT2D eigenvalue weighted by molar-refractivity contribution is 0.107. The van der Waals surface area contributed by atoms with E-state index in [2.05, 4.69) is 0 Å². The molecule has 0 amide bonds. The maximum absolute atomic E-state index is 14.1. The maximum Gasteiger partial charge on any atom is 0.255 e. The van der Waals surface area contributed by atoms with E-state index >= 15 is 0 Å². The van der Waals surface area contributed by atoms with Gasteiger partial charge in [-0.05, 0) is 23.7 Å². The van der Waals surface area contributed by atoms with Gasteiger partial charge in [-0.3, -0.25) is 4.79 Å². The van der Waals surface area contributed by atoms with Gasteiger partial charge in [-0.15, -0.1) is 0 Å². The predicted molar refractivity (Wildman–Crippen MR) is 72.0 cm³/mol. The van der Waals surface area contributed by atoms with Gasteiger partial charge in [0.2, 0.25) is 0 Å². The summed E-state index contributed by atoms with van der Waals surface area (Å²) >= 11 is 17.2. The maximum atomic E-state index is 14.1. The van der Waals surface area contributed by atoms with Crippen LogP contribution in [-0.4, -0.2) is 5.24 Å². The van der Waals surface area contributed by atoms with E-state index in [9.17, 15) is 9.18 Å². The molecule has 5 heteroatoms. The number of rotatable bonds is 2. The Morgan fingerprint density at radius 1 is 1.00 bits per heavy atom. The van der Waals surface area contributed by atoms with Crippen molar-refractivity contribution in [3.63, 3.8) is 0 Å². The third kappa shape index (κ3) is 2.37. The van der Waals surface area contributed by atoms with Crippen LogP contribution in [0.3, 0.4) is 0 Å². The Bertz CT molecular complexity index is 626. The van der Waals surface area contributed by atoms with Crippen molar-refractivity contribution in [2.24, 2.45) is 0 Å². The molecular weight excluding hydrogens is 297 g/mol. The van der Waals surface area contributed by atoms with Crippen LogP contribution < -0.4 is 0 Å². The molecule has 92 valence electrons. The van der Waals surface area contributed by atoms with Crippen molar-refractivity contribution in [1.29, 1.82) is 0 Å². The van der Waals surface area contributed by atoms with Gasteiger partial charge in [0.1, 0.15) is 5.82 Å². The molecule has 2 aromatic rings. The molecule has 0 heterocycles. The fourth-order valence-corrected chi connectivity index (χ4v) is 2.15. The van der Waals surface area contributed by atoms with Crippen LogP contribution in [-0.2, 0) is 0 Å². The van der Waals surface area contributed by atoms with Crippen molar-refractivity contribution in [1.82, 2.24) is 0 Å². The van der Waals surface area contributed by atoms with Crippen LogP contribution in [0, 0.1) is 5.82 Å². The van der Waals surface area contributed by atoms with Crippen LogP contribution in [0.25, 0.3) is 11.1 Å². The molecular formula is C13H6Cl3FO. The zero-order valence-electron chi connectivity index (χ0n) is 8.88. The van der Waals surface area contributed by atoms with E-state index in [1.54, 1.807) is 18.2 Å². The molecule has 0 radical (unpaired) electrons. The third-order valence-corrected chi connectivity index (χ3v) is 3.47. The summed E-state index contributed by atoms with van der Waals surface area (Å²) in [7, 11) is 0. The van der Waals surface area contributed by atoms with Crippen molar-refractivity contribution in [3.8, 4) is 11.1 Å². The summed E-state index contributed by atoms with van der Waals surface area (Å²) in [6.45, 7) is 0. The van der Waals surface area contributed by atoms with Gasteiger partial charge in [0.15, 0.2) is 0 Å². The lowest BCUT2D eigenvalue weighted by Crippen LogP contribution is -1.97. The first-order chi connectivity index (χ1) is 8.52. The van der Waals surface area contributed by atoms with Gasteiger partial charge < -0.3 is 0 Å². The lowest BCUT2D eigenvalue weighted by atomic mass is 10.0. The first-order valence-electron chi connectivity index (χ1n) is 4.95. The minimum absolute atomic E-state index is 0.189. The quantitative estimate of drug-likeness (QED) is 0.699. The van der Waals surface area contributed by atoms with E-state index in [0.29, 0.717) is 10.6 Å². The summed E-state index contributed by atoms with van der Waals surface area (Å²) in [5.41, 5.74) is 0.417. The highest BCUT2D eigenvalue weighted by molar-refractivity contribution is 6.67. The lowest BCUT2D eigenvalue weighted by Gasteiger charge is -2.08. The normalized spacial score (nSPS) is 10.4. The van der Waals surface area contributed by atoms with Crippen LogP contribution in [0.15, 0.2) is 36.4 Å². The van der Waals surface area contributed by atoms with Gasteiger partial charge in [-0.2, -0.15) is 0 Å². The number of hydrogen-bond acceptors (Lipinski definition) is 1. The molecule has 0 unspecified atom stereocenters. The van der Waals surface area contributed by atoms with E-state index in [4.69, 9.17) is 34.8 Å². The van der Waals surface area contributed by atoms with Crippen molar-refractivity contribution in [3.05, 3.63) is 57.8 Å². The molecule has 0 aliphatic carbocycles. The minimum Gasteiger partial charge on any atom is -0.275 e. The molecule has 0 spiro atoms. The largest absolute Gasteiger partial charge is 0.275 e. The highest BCUT2D eigenvalue weighted by Gasteiger charge is 2.16. The van der Waals surface area contributed by atoms with Gasteiger partial charge in [-0.1, -0.05) is 47.5 Å². The van der Waals surface area contributed by atoms with Gasteiger partial charge in [-0.25, -0.2) is 4.39 Å².